The van der Waals surface area contributed by atoms with Crippen molar-refractivity contribution in [1.29, 1.82) is 0 Å². The standard InChI is InChI=1S/C17H27NO2/c1-12-6-5-7-18(10-12)11-16(19)17-13(2)8-15(20-4)9-14(17)3/h8-9,12,16,19H,5-7,10-11H2,1-4H3. The lowest BCUT2D eigenvalue weighted by Gasteiger charge is -2.33. The Morgan fingerprint density at radius 3 is 2.55 bits per heavy atom. The number of ether oxygens (including phenoxy) is 1. The van der Waals surface area contributed by atoms with E-state index >= 15 is 0 Å². The number of β-amino-alcohol motifs (C(OH)–C–C–N with tert-alkyl or cyclic N) is 1. The van der Waals surface area contributed by atoms with Crippen LogP contribution in [0.4, 0.5) is 0 Å². The van der Waals surface area contributed by atoms with Crippen molar-refractivity contribution < 1.29 is 9.84 Å². The maximum absolute atomic E-state index is 10.6. The zero-order valence-electron chi connectivity index (χ0n) is 13.1. The molecule has 2 atom stereocenters. The van der Waals surface area contributed by atoms with Gasteiger partial charge in [-0.05, 0) is 68.0 Å². The number of rotatable bonds is 4. The van der Waals surface area contributed by atoms with Crippen molar-refractivity contribution >= 4 is 0 Å². The Balaban J connectivity index is 2.10. The topological polar surface area (TPSA) is 32.7 Å². The molecule has 0 aliphatic carbocycles. The molecule has 3 nitrogen and oxygen atoms in total. The van der Waals surface area contributed by atoms with E-state index in [1.165, 1.54) is 12.8 Å². The Kier molecular flexibility index (Phi) is 5.06. The van der Waals surface area contributed by atoms with Crippen molar-refractivity contribution in [2.75, 3.05) is 26.7 Å². The summed E-state index contributed by atoms with van der Waals surface area (Å²) in [7, 11) is 1.68. The lowest BCUT2D eigenvalue weighted by Crippen LogP contribution is -2.37. The fourth-order valence-electron chi connectivity index (χ4n) is 3.37. The van der Waals surface area contributed by atoms with E-state index in [1.807, 2.05) is 26.0 Å². The summed E-state index contributed by atoms with van der Waals surface area (Å²) in [5.41, 5.74) is 3.28. The second-order valence-corrected chi connectivity index (χ2v) is 6.20. The van der Waals surface area contributed by atoms with Crippen molar-refractivity contribution in [1.82, 2.24) is 4.90 Å². The molecule has 0 spiro atoms. The fourth-order valence-corrected chi connectivity index (χ4v) is 3.37. The average molecular weight is 277 g/mol. The Morgan fingerprint density at radius 1 is 1.35 bits per heavy atom. The summed E-state index contributed by atoms with van der Waals surface area (Å²) in [5, 5.41) is 10.6. The summed E-state index contributed by atoms with van der Waals surface area (Å²) in [5.74, 6) is 1.61. The number of benzene rings is 1. The highest BCUT2D eigenvalue weighted by molar-refractivity contribution is 5.42. The van der Waals surface area contributed by atoms with Crippen molar-refractivity contribution in [3.63, 3.8) is 0 Å². The first-order chi connectivity index (χ1) is 9.51. The van der Waals surface area contributed by atoms with Gasteiger partial charge in [0.05, 0.1) is 13.2 Å². The van der Waals surface area contributed by atoms with Gasteiger partial charge in [-0.3, -0.25) is 0 Å². The SMILES string of the molecule is COc1cc(C)c(C(O)CN2CCCC(C)C2)c(C)c1. The number of likely N-dealkylation sites (tertiary alicyclic amines) is 1. The van der Waals surface area contributed by atoms with Crippen LogP contribution in [0.15, 0.2) is 12.1 Å². The van der Waals surface area contributed by atoms with Gasteiger partial charge >= 0.3 is 0 Å². The third-order valence-corrected chi connectivity index (χ3v) is 4.31. The molecule has 2 unspecified atom stereocenters. The minimum Gasteiger partial charge on any atom is -0.497 e. The van der Waals surface area contributed by atoms with Crippen LogP contribution in [-0.2, 0) is 0 Å². The number of hydrogen-bond donors (Lipinski definition) is 1. The highest BCUT2D eigenvalue weighted by atomic mass is 16.5. The molecule has 1 aliphatic rings. The molecular weight excluding hydrogens is 250 g/mol. The van der Waals surface area contributed by atoms with Crippen LogP contribution in [0.3, 0.4) is 0 Å². The lowest BCUT2D eigenvalue weighted by atomic mass is 9.95. The predicted octanol–water partition coefficient (Wildman–Crippen LogP) is 3.08. The molecule has 0 aromatic heterocycles. The summed E-state index contributed by atoms with van der Waals surface area (Å²) < 4.78 is 5.28. The van der Waals surface area contributed by atoms with Crippen LogP contribution in [-0.4, -0.2) is 36.8 Å². The number of aliphatic hydroxyl groups is 1. The summed E-state index contributed by atoms with van der Waals surface area (Å²) in [6.45, 7) is 9.33. The van der Waals surface area contributed by atoms with E-state index in [4.69, 9.17) is 4.74 Å². The van der Waals surface area contributed by atoms with Gasteiger partial charge in [-0.2, -0.15) is 0 Å². The highest BCUT2D eigenvalue weighted by Gasteiger charge is 2.21. The van der Waals surface area contributed by atoms with E-state index in [1.54, 1.807) is 7.11 Å². The highest BCUT2D eigenvalue weighted by Crippen LogP contribution is 2.28. The van der Waals surface area contributed by atoms with Gasteiger partial charge in [-0.25, -0.2) is 0 Å². The molecule has 3 heteroatoms. The monoisotopic (exact) mass is 277 g/mol. The molecule has 0 saturated carbocycles. The van der Waals surface area contributed by atoms with Gasteiger partial charge in [0.25, 0.3) is 0 Å². The van der Waals surface area contributed by atoms with Crippen molar-refractivity contribution in [2.24, 2.45) is 5.92 Å². The molecule has 1 aromatic carbocycles. The summed E-state index contributed by atoms with van der Waals surface area (Å²) in [4.78, 5) is 2.39. The summed E-state index contributed by atoms with van der Waals surface area (Å²) >= 11 is 0. The second kappa shape index (κ2) is 6.59. The van der Waals surface area contributed by atoms with E-state index in [0.29, 0.717) is 0 Å². The lowest BCUT2D eigenvalue weighted by molar-refractivity contribution is 0.0868. The molecular formula is C17H27NO2. The van der Waals surface area contributed by atoms with Crippen LogP contribution in [0.5, 0.6) is 5.75 Å². The molecule has 1 fully saturated rings. The van der Waals surface area contributed by atoms with Crippen LogP contribution in [0.1, 0.15) is 42.6 Å². The minimum atomic E-state index is -0.411. The normalized spacial score (nSPS) is 21.8. The number of hydrogen-bond acceptors (Lipinski definition) is 3. The third kappa shape index (κ3) is 3.53. The second-order valence-electron chi connectivity index (χ2n) is 6.20. The average Bonchev–Trinajstić information content (AvgIpc) is 2.37. The predicted molar refractivity (Wildman–Crippen MR) is 82.3 cm³/mol. The van der Waals surface area contributed by atoms with Crippen LogP contribution in [0.2, 0.25) is 0 Å². The first-order valence-electron chi connectivity index (χ1n) is 7.56. The molecule has 1 aromatic rings. The van der Waals surface area contributed by atoms with Gasteiger partial charge in [0, 0.05) is 13.1 Å². The third-order valence-electron chi connectivity index (χ3n) is 4.31. The van der Waals surface area contributed by atoms with Gasteiger partial charge in [-0.15, -0.1) is 0 Å². The molecule has 0 bridgehead atoms. The van der Waals surface area contributed by atoms with Crippen LogP contribution < -0.4 is 4.74 Å². The molecule has 0 amide bonds. The number of aliphatic hydroxyl groups excluding tert-OH is 1. The molecule has 1 N–H and O–H groups in total. The Morgan fingerprint density at radius 2 is 2.00 bits per heavy atom. The summed E-state index contributed by atoms with van der Waals surface area (Å²) in [6.07, 6.45) is 2.15. The fraction of sp³-hybridized carbons (Fsp3) is 0.647. The van der Waals surface area contributed by atoms with Gasteiger partial charge < -0.3 is 14.7 Å². The number of methoxy groups -OCH3 is 1. The van der Waals surface area contributed by atoms with Gasteiger partial charge in [0.15, 0.2) is 0 Å². The van der Waals surface area contributed by atoms with E-state index < -0.39 is 6.10 Å². The van der Waals surface area contributed by atoms with Gasteiger partial charge in [0.1, 0.15) is 5.75 Å². The molecule has 2 rings (SSSR count). The first kappa shape index (κ1) is 15.3. The number of aryl methyl sites for hydroxylation is 2. The van der Waals surface area contributed by atoms with E-state index in [2.05, 4.69) is 11.8 Å². The largest absolute Gasteiger partial charge is 0.497 e. The van der Waals surface area contributed by atoms with Crippen molar-refractivity contribution in [3.8, 4) is 5.75 Å². The van der Waals surface area contributed by atoms with E-state index in [9.17, 15) is 5.11 Å². The van der Waals surface area contributed by atoms with Crippen LogP contribution in [0, 0.1) is 19.8 Å². The van der Waals surface area contributed by atoms with Gasteiger partial charge in [-0.1, -0.05) is 6.92 Å². The smallest absolute Gasteiger partial charge is 0.119 e. The van der Waals surface area contributed by atoms with Crippen LogP contribution in [0.25, 0.3) is 0 Å². The molecule has 0 radical (unpaired) electrons. The van der Waals surface area contributed by atoms with Crippen LogP contribution >= 0.6 is 0 Å². The van der Waals surface area contributed by atoms with Gasteiger partial charge in [0.2, 0.25) is 0 Å². The number of piperidine rings is 1. The Hall–Kier alpha value is -1.06. The molecule has 1 aliphatic heterocycles. The molecule has 20 heavy (non-hydrogen) atoms. The molecule has 112 valence electrons. The zero-order chi connectivity index (χ0) is 14.7. The Labute approximate surface area is 122 Å². The maximum atomic E-state index is 10.6. The van der Waals surface area contributed by atoms with Crippen molar-refractivity contribution in [2.45, 2.75) is 39.7 Å². The minimum absolute atomic E-state index is 0.411. The first-order valence-corrected chi connectivity index (χ1v) is 7.56. The zero-order valence-corrected chi connectivity index (χ0v) is 13.1. The number of nitrogens with zero attached hydrogens (tertiary/aromatic N) is 1. The van der Waals surface area contributed by atoms with E-state index in [-0.39, 0.29) is 0 Å². The molecule has 1 heterocycles. The quantitative estimate of drug-likeness (QED) is 0.918. The van der Waals surface area contributed by atoms with E-state index in [0.717, 1.165) is 48.0 Å². The maximum Gasteiger partial charge on any atom is 0.119 e. The summed E-state index contributed by atoms with van der Waals surface area (Å²) in [6, 6.07) is 4.01. The Bertz CT molecular complexity index is 435. The molecule has 1 saturated heterocycles. The van der Waals surface area contributed by atoms with Crippen molar-refractivity contribution in [3.05, 3.63) is 28.8 Å².